The minimum Gasteiger partial charge on any atom is -0.489 e. The van der Waals surface area contributed by atoms with Crippen molar-refractivity contribution >= 4 is 0 Å². The lowest BCUT2D eigenvalue weighted by Gasteiger charge is -2.06. The highest BCUT2D eigenvalue weighted by molar-refractivity contribution is 5.40. The van der Waals surface area contributed by atoms with Gasteiger partial charge in [0.1, 0.15) is 18.2 Å². The zero-order valence-corrected chi connectivity index (χ0v) is 10.8. The minimum absolute atomic E-state index is 0.00726. The zero-order valence-electron chi connectivity index (χ0n) is 10.8. The third-order valence-electron chi connectivity index (χ3n) is 2.47. The van der Waals surface area contributed by atoms with Crippen LogP contribution < -0.4 is 4.74 Å². The van der Waals surface area contributed by atoms with Gasteiger partial charge in [-0.15, -0.1) is 0 Å². The Balaban J connectivity index is 2.06. The highest BCUT2D eigenvalue weighted by atomic mass is 19.1. The molecule has 0 bridgehead atoms. The van der Waals surface area contributed by atoms with Crippen molar-refractivity contribution in [2.45, 2.75) is 13.0 Å². The average molecular weight is 271 g/mol. The van der Waals surface area contributed by atoms with E-state index in [4.69, 9.17) is 9.84 Å². The normalized spacial score (nSPS) is 9.70. The number of pyridine rings is 1. The van der Waals surface area contributed by atoms with Crippen LogP contribution in [0.5, 0.6) is 5.75 Å². The first-order valence-corrected chi connectivity index (χ1v) is 6.20. The number of aliphatic hydroxyl groups excluding tert-OH is 1. The monoisotopic (exact) mass is 271 g/mol. The number of aliphatic hydroxyl groups is 1. The molecular formula is C16H14FNO2. The lowest BCUT2D eigenvalue weighted by molar-refractivity contribution is 0.304. The first-order valence-electron chi connectivity index (χ1n) is 6.20. The standard InChI is InChI=1S/C16H14FNO2/c17-15-8-13(4-1-2-7-19)9-16(10-15)20-12-14-5-3-6-18-11-14/h3,5-6,8-11,19H,2,7,12H2. The van der Waals surface area contributed by atoms with Gasteiger partial charge in [0.2, 0.25) is 0 Å². The van der Waals surface area contributed by atoms with Crippen LogP contribution in [-0.2, 0) is 6.61 Å². The maximum atomic E-state index is 13.5. The fraction of sp³-hybridized carbons (Fsp3) is 0.188. The quantitative estimate of drug-likeness (QED) is 0.869. The van der Waals surface area contributed by atoms with E-state index in [0.717, 1.165) is 5.56 Å². The van der Waals surface area contributed by atoms with Crippen molar-refractivity contribution in [1.29, 1.82) is 0 Å². The second-order valence-corrected chi connectivity index (χ2v) is 4.10. The van der Waals surface area contributed by atoms with Crippen LogP contribution in [0.15, 0.2) is 42.7 Å². The molecule has 0 saturated heterocycles. The van der Waals surface area contributed by atoms with Crippen LogP contribution in [0.3, 0.4) is 0 Å². The second kappa shape index (κ2) is 7.27. The van der Waals surface area contributed by atoms with Crippen LogP contribution in [0, 0.1) is 17.7 Å². The Kier molecular flexibility index (Phi) is 5.10. The van der Waals surface area contributed by atoms with E-state index in [-0.39, 0.29) is 6.61 Å². The SMILES string of the molecule is OCCC#Cc1cc(F)cc(OCc2cccnc2)c1. The van der Waals surface area contributed by atoms with E-state index in [2.05, 4.69) is 16.8 Å². The summed E-state index contributed by atoms with van der Waals surface area (Å²) in [6.45, 7) is 0.313. The molecule has 3 nitrogen and oxygen atoms in total. The first kappa shape index (κ1) is 14.0. The largest absolute Gasteiger partial charge is 0.489 e. The Morgan fingerprint density at radius 2 is 2.20 bits per heavy atom. The van der Waals surface area contributed by atoms with Crippen molar-refractivity contribution in [3.63, 3.8) is 0 Å². The van der Waals surface area contributed by atoms with Gasteiger partial charge in [0.15, 0.2) is 0 Å². The highest BCUT2D eigenvalue weighted by Gasteiger charge is 2.01. The number of rotatable bonds is 4. The van der Waals surface area contributed by atoms with E-state index in [9.17, 15) is 4.39 Å². The van der Waals surface area contributed by atoms with E-state index in [0.29, 0.717) is 24.3 Å². The molecule has 1 aromatic heterocycles. The summed E-state index contributed by atoms with van der Waals surface area (Å²) in [7, 11) is 0. The maximum Gasteiger partial charge on any atom is 0.128 e. The molecule has 0 aliphatic heterocycles. The number of hydrogen-bond acceptors (Lipinski definition) is 3. The molecule has 0 spiro atoms. The Morgan fingerprint density at radius 1 is 1.30 bits per heavy atom. The number of halogens is 1. The number of aromatic nitrogens is 1. The summed E-state index contributed by atoms with van der Waals surface area (Å²) >= 11 is 0. The number of hydrogen-bond donors (Lipinski definition) is 1. The van der Waals surface area contributed by atoms with E-state index < -0.39 is 5.82 Å². The number of nitrogens with zero attached hydrogens (tertiary/aromatic N) is 1. The van der Waals surface area contributed by atoms with E-state index in [1.807, 2.05) is 12.1 Å². The summed E-state index contributed by atoms with van der Waals surface area (Å²) < 4.78 is 19.0. The topological polar surface area (TPSA) is 42.4 Å². The van der Waals surface area contributed by atoms with Gasteiger partial charge in [-0.25, -0.2) is 4.39 Å². The van der Waals surface area contributed by atoms with E-state index in [1.54, 1.807) is 18.5 Å². The number of benzene rings is 1. The smallest absolute Gasteiger partial charge is 0.128 e. The maximum absolute atomic E-state index is 13.5. The molecule has 2 aromatic rings. The highest BCUT2D eigenvalue weighted by Crippen LogP contribution is 2.17. The van der Waals surface area contributed by atoms with E-state index in [1.165, 1.54) is 12.1 Å². The predicted octanol–water partition coefficient (Wildman–Crippen LogP) is 2.53. The minimum atomic E-state index is -0.401. The molecule has 20 heavy (non-hydrogen) atoms. The van der Waals surface area contributed by atoms with Crippen molar-refractivity contribution < 1.29 is 14.2 Å². The van der Waals surface area contributed by atoms with Crippen molar-refractivity contribution in [2.24, 2.45) is 0 Å². The molecule has 1 N–H and O–H groups in total. The molecule has 1 heterocycles. The fourth-order valence-electron chi connectivity index (χ4n) is 1.59. The lowest BCUT2D eigenvalue weighted by Crippen LogP contribution is -1.96. The van der Waals surface area contributed by atoms with Crippen LogP contribution in [0.25, 0.3) is 0 Å². The molecule has 102 valence electrons. The Bertz CT molecular complexity index is 617. The molecular weight excluding hydrogens is 257 g/mol. The van der Waals surface area contributed by atoms with Gasteiger partial charge >= 0.3 is 0 Å². The number of ether oxygens (including phenoxy) is 1. The van der Waals surface area contributed by atoms with Gasteiger partial charge < -0.3 is 9.84 Å². The summed E-state index contributed by atoms with van der Waals surface area (Å²) in [6, 6.07) is 8.02. The third-order valence-corrected chi connectivity index (χ3v) is 2.47. The molecule has 0 saturated carbocycles. The van der Waals surface area contributed by atoms with Crippen molar-refractivity contribution in [1.82, 2.24) is 4.98 Å². The molecule has 0 aliphatic carbocycles. The molecule has 0 atom stereocenters. The average Bonchev–Trinajstić information content (AvgIpc) is 2.46. The summed E-state index contributed by atoms with van der Waals surface area (Å²) in [5.41, 5.74) is 1.43. The molecule has 4 heteroatoms. The van der Waals surface area contributed by atoms with Gasteiger partial charge in [-0.05, 0) is 18.2 Å². The van der Waals surface area contributed by atoms with Gasteiger partial charge in [-0.3, -0.25) is 4.98 Å². The molecule has 0 radical (unpaired) electrons. The zero-order chi connectivity index (χ0) is 14.2. The third kappa shape index (κ3) is 4.38. The van der Waals surface area contributed by atoms with Crippen molar-refractivity contribution in [3.8, 4) is 17.6 Å². The molecule has 2 rings (SSSR count). The van der Waals surface area contributed by atoms with Crippen molar-refractivity contribution in [2.75, 3.05) is 6.61 Å². The van der Waals surface area contributed by atoms with Gasteiger partial charge in [0, 0.05) is 36.0 Å². The Morgan fingerprint density at radius 3 is 2.95 bits per heavy atom. The van der Waals surface area contributed by atoms with Crippen LogP contribution in [-0.4, -0.2) is 16.7 Å². The van der Waals surface area contributed by atoms with Crippen LogP contribution in [0.4, 0.5) is 4.39 Å². The summed E-state index contributed by atoms with van der Waals surface area (Å²) in [5, 5.41) is 8.66. The van der Waals surface area contributed by atoms with Gasteiger partial charge in [0.05, 0.1) is 6.61 Å². The predicted molar refractivity (Wildman–Crippen MR) is 73.5 cm³/mol. The molecule has 1 aromatic carbocycles. The summed E-state index contributed by atoms with van der Waals surface area (Å²) in [6.07, 6.45) is 3.74. The first-order chi connectivity index (χ1) is 9.78. The van der Waals surface area contributed by atoms with Crippen LogP contribution >= 0.6 is 0 Å². The van der Waals surface area contributed by atoms with Gasteiger partial charge in [-0.2, -0.15) is 0 Å². The molecule has 0 aliphatic rings. The summed E-state index contributed by atoms with van der Waals surface area (Å²) in [4.78, 5) is 3.98. The van der Waals surface area contributed by atoms with Crippen LogP contribution in [0.1, 0.15) is 17.5 Å². The van der Waals surface area contributed by atoms with Crippen molar-refractivity contribution in [3.05, 3.63) is 59.7 Å². The molecule has 0 fully saturated rings. The summed E-state index contributed by atoms with van der Waals surface area (Å²) in [5.74, 6) is 5.55. The fourth-order valence-corrected chi connectivity index (χ4v) is 1.59. The Labute approximate surface area is 117 Å². The molecule has 0 amide bonds. The lowest BCUT2D eigenvalue weighted by atomic mass is 10.2. The van der Waals surface area contributed by atoms with E-state index >= 15 is 0 Å². The van der Waals surface area contributed by atoms with Gasteiger partial charge in [-0.1, -0.05) is 17.9 Å². The van der Waals surface area contributed by atoms with Gasteiger partial charge in [0.25, 0.3) is 0 Å². The Hall–Kier alpha value is -2.38. The van der Waals surface area contributed by atoms with Crippen LogP contribution in [0.2, 0.25) is 0 Å². The second-order valence-electron chi connectivity index (χ2n) is 4.10. The molecule has 0 unspecified atom stereocenters.